The van der Waals surface area contributed by atoms with E-state index >= 15 is 0 Å². The Bertz CT molecular complexity index is 569. The molecule has 2 aromatic rings. The number of nitrogens with zero attached hydrogens (tertiary/aromatic N) is 1. The van der Waals surface area contributed by atoms with Crippen molar-refractivity contribution in [1.82, 2.24) is 4.57 Å². The van der Waals surface area contributed by atoms with E-state index in [0.717, 1.165) is 31.5 Å². The van der Waals surface area contributed by atoms with Gasteiger partial charge in [0.25, 0.3) is 0 Å². The first kappa shape index (κ1) is 13.1. The van der Waals surface area contributed by atoms with E-state index < -0.39 is 0 Å². The molecule has 0 saturated heterocycles. The van der Waals surface area contributed by atoms with Gasteiger partial charge in [0.1, 0.15) is 0 Å². The molecule has 1 aliphatic carbocycles. The summed E-state index contributed by atoms with van der Waals surface area (Å²) in [4.78, 5) is 0. The third kappa shape index (κ3) is 2.56. The maximum atomic E-state index is 6.45. The molecule has 1 aliphatic rings. The minimum Gasteiger partial charge on any atom is -0.399 e. The molecule has 102 valence electrons. The fraction of sp³-hybridized carbons (Fsp3) is 0.467. The number of hydrogen-bond donors (Lipinski definition) is 1. The summed E-state index contributed by atoms with van der Waals surface area (Å²) in [5, 5.41) is 1.54. The number of nitrogens with two attached hydrogens (primary N) is 1. The van der Waals surface area contributed by atoms with Gasteiger partial charge in [-0.15, -0.1) is 23.2 Å². The van der Waals surface area contributed by atoms with Gasteiger partial charge in [0.15, 0.2) is 0 Å². The Morgan fingerprint density at radius 1 is 1.16 bits per heavy atom. The summed E-state index contributed by atoms with van der Waals surface area (Å²) in [6.45, 7) is 0.885. The Kier molecular flexibility index (Phi) is 3.64. The van der Waals surface area contributed by atoms with Crippen molar-refractivity contribution in [2.24, 2.45) is 5.92 Å². The van der Waals surface area contributed by atoms with Crippen LogP contribution in [0.25, 0.3) is 10.9 Å². The van der Waals surface area contributed by atoms with Gasteiger partial charge in [-0.1, -0.05) is 6.42 Å². The number of benzene rings is 1. The highest BCUT2D eigenvalue weighted by Gasteiger charge is 2.31. The first-order valence-corrected chi connectivity index (χ1v) is 7.65. The number of alkyl halides is 2. The van der Waals surface area contributed by atoms with Crippen molar-refractivity contribution in [3.8, 4) is 0 Å². The highest BCUT2D eigenvalue weighted by Crippen LogP contribution is 2.34. The predicted molar refractivity (Wildman–Crippen MR) is 83.0 cm³/mol. The molecule has 19 heavy (non-hydrogen) atoms. The molecular formula is C15H18Cl2N2. The van der Waals surface area contributed by atoms with Crippen LogP contribution >= 0.6 is 23.2 Å². The normalized spacial score (nSPS) is 27.8. The summed E-state index contributed by atoms with van der Waals surface area (Å²) in [6.07, 6.45) is 5.39. The Hall–Kier alpha value is -0.860. The summed E-state index contributed by atoms with van der Waals surface area (Å²) in [6, 6.07) is 8.11. The van der Waals surface area contributed by atoms with Crippen LogP contribution in [0.2, 0.25) is 0 Å². The quantitative estimate of drug-likeness (QED) is 0.652. The van der Waals surface area contributed by atoms with Crippen LogP contribution in [-0.4, -0.2) is 15.3 Å². The van der Waals surface area contributed by atoms with E-state index in [1.165, 1.54) is 10.9 Å². The zero-order valence-corrected chi connectivity index (χ0v) is 12.2. The first-order valence-electron chi connectivity index (χ1n) is 6.77. The van der Waals surface area contributed by atoms with Gasteiger partial charge in [-0.3, -0.25) is 0 Å². The molecule has 0 aliphatic heterocycles. The fourth-order valence-electron chi connectivity index (χ4n) is 3.00. The van der Waals surface area contributed by atoms with Gasteiger partial charge in [-0.05, 0) is 37.1 Å². The van der Waals surface area contributed by atoms with Crippen LogP contribution in [-0.2, 0) is 6.54 Å². The van der Waals surface area contributed by atoms with Crippen LogP contribution in [0.4, 0.5) is 5.69 Å². The minimum atomic E-state index is 0.183. The second-order valence-electron chi connectivity index (χ2n) is 5.41. The molecule has 1 heterocycles. The second kappa shape index (κ2) is 5.26. The number of rotatable bonds is 2. The van der Waals surface area contributed by atoms with Gasteiger partial charge in [0.05, 0.1) is 0 Å². The summed E-state index contributed by atoms with van der Waals surface area (Å²) < 4.78 is 2.25. The van der Waals surface area contributed by atoms with Gasteiger partial charge >= 0.3 is 0 Å². The Morgan fingerprint density at radius 2 is 1.89 bits per heavy atom. The molecule has 2 atom stereocenters. The standard InChI is InChI=1S/C15H18Cl2N2/c16-13-2-1-3-14(17)12(13)9-19-7-6-10-8-11(18)4-5-15(10)19/h4-8,12-14H,1-3,9,18H2. The van der Waals surface area contributed by atoms with Gasteiger partial charge in [0, 0.05) is 46.0 Å². The van der Waals surface area contributed by atoms with E-state index in [1.54, 1.807) is 0 Å². The van der Waals surface area contributed by atoms with E-state index in [4.69, 9.17) is 28.9 Å². The number of halogens is 2. The minimum absolute atomic E-state index is 0.183. The SMILES string of the molecule is Nc1ccc2c(ccn2CC2C(Cl)CCCC2Cl)c1. The first-order chi connectivity index (χ1) is 9.15. The van der Waals surface area contributed by atoms with Crippen LogP contribution in [0.5, 0.6) is 0 Å². The fourth-order valence-corrected chi connectivity index (χ4v) is 3.89. The predicted octanol–water partition coefficient (Wildman–Crippen LogP) is 4.24. The number of fused-ring (bicyclic) bond motifs is 1. The average Bonchev–Trinajstić information content (AvgIpc) is 2.76. The van der Waals surface area contributed by atoms with Crippen molar-refractivity contribution in [3.05, 3.63) is 30.5 Å². The largest absolute Gasteiger partial charge is 0.399 e. The van der Waals surface area contributed by atoms with Crippen molar-refractivity contribution >= 4 is 39.8 Å². The number of nitrogen functional groups attached to an aromatic ring is 1. The molecule has 1 aromatic heterocycles. The lowest BCUT2D eigenvalue weighted by molar-refractivity contribution is 0.336. The molecule has 2 N–H and O–H groups in total. The topological polar surface area (TPSA) is 30.9 Å². The average molecular weight is 297 g/mol. The lowest BCUT2D eigenvalue weighted by Gasteiger charge is -2.32. The number of hydrogen-bond acceptors (Lipinski definition) is 1. The van der Waals surface area contributed by atoms with Crippen molar-refractivity contribution in [2.45, 2.75) is 36.6 Å². The Morgan fingerprint density at radius 3 is 2.63 bits per heavy atom. The second-order valence-corrected chi connectivity index (χ2v) is 6.53. The van der Waals surface area contributed by atoms with Gasteiger partial charge < -0.3 is 10.3 Å². The third-order valence-corrected chi connectivity index (χ3v) is 5.18. The summed E-state index contributed by atoms with van der Waals surface area (Å²) in [5.41, 5.74) is 7.81. The van der Waals surface area contributed by atoms with Crippen molar-refractivity contribution in [1.29, 1.82) is 0 Å². The van der Waals surface area contributed by atoms with Crippen molar-refractivity contribution in [2.75, 3.05) is 5.73 Å². The Balaban J connectivity index is 1.88. The molecule has 0 spiro atoms. The lowest BCUT2D eigenvalue weighted by atomic mass is 9.88. The maximum Gasteiger partial charge on any atom is 0.0481 e. The van der Waals surface area contributed by atoms with Crippen molar-refractivity contribution in [3.63, 3.8) is 0 Å². The molecular weight excluding hydrogens is 279 g/mol. The highest BCUT2D eigenvalue weighted by atomic mass is 35.5. The van der Waals surface area contributed by atoms with Crippen molar-refractivity contribution < 1.29 is 0 Å². The van der Waals surface area contributed by atoms with E-state index in [0.29, 0.717) is 5.92 Å². The molecule has 4 heteroatoms. The van der Waals surface area contributed by atoms with Crippen LogP contribution < -0.4 is 5.73 Å². The molecule has 2 unspecified atom stereocenters. The number of aromatic nitrogens is 1. The lowest BCUT2D eigenvalue weighted by Crippen LogP contribution is -2.33. The van der Waals surface area contributed by atoms with Gasteiger partial charge in [-0.2, -0.15) is 0 Å². The van der Waals surface area contributed by atoms with Crippen LogP contribution in [0.3, 0.4) is 0 Å². The zero-order valence-electron chi connectivity index (χ0n) is 10.7. The molecule has 3 rings (SSSR count). The van der Waals surface area contributed by atoms with E-state index in [2.05, 4.69) is 22.9 Å². The molecule has 0 amide bonds. The molecule has 0 bridgehead atoms. The smallest absolute Gasteiger partial charge is 0.0481 e. The third-order valence-electron chi connectivity index (χ3n) is 4.09. The molecule has 1 saturated carbocycles. The molecule has 1 fully saturated rings. The van der Waals surface area contributed by atoms with E-state index in [-0.39, 0.29) is 10.8 Å². The summed E-state index contributed by atoms with van der Waals surface area (Å²) in [5.74, 6) is 0.338. The van der Waals surface area contributed by atoms with Gasteiger partial charge in [0.2, 0.25) is 0 Å². The zero-order chi connectivity index (χ0) is 13.4. The van der Waals surface area contributed by atoms with Crippen LogP contribution in [0.15, 0.2) is 30.5 Å². The summed E-state index contributed by atoms with van der Waals surface area (Å²) in [7, 11) is 0. The van der Waals surface area contributed by atoms with Crippen LogP contribution in [0, 0.1) is 5.92 Å². The molecule has 0 radical (unpaired) electrons. The monoisotopic (exact) mass is 296 g/mol. The highest BCUT2D eigenvalue weighted by molar-refractivity contribution is 6.24. The maximum absolute atomic E-state index is 6.45. The Labute approximate surface area is 123 Å². The van der Waals surface area contributed by atoms with E-state index in [9.17, 15) is 0 Å². The molecule has 1 aromatic carbocycles. The number of anilines is 1. The summed E-state index contributed by atoms with van der Waals surface area (Å²) >= 11 is 12.9. The van der Waals surface area contributed by atoms with E-state index in [1.807, 2.05) is 12.1 Å². The molecule has 2 nitrogen and oxygen atoms in total. The van der Waals surface area contributed by atoms with Gasteiger partial charge in [-0.25, -0.2) is 0 Å². The van der Waals surface area contributed by atoms with Crippen LogP contribution in [0.1, 0.15) is 19.3 Å².